The van der Waals surface area contributed by atoms with Crippen LogP contribution in [0.3, 0.4) is 0 Å². The van der Waals surface area contributed by atoms with Gasteiger partial charge in [-0.3, -0.25) is 14.6 Å². The van der Waals surface area contributed by atoms with Crippen molar-refractivity contribution in [3.63, 3.8) is 0 Å². The van der Waals surface area contributed by atoms with Crippen molar-refractivity contribution >= 4 is 22.6 Å². The van der Waals surface area contributed by atoms with Crippen LogP contribution in [0.2, 0.25) is 0 Å². The number of fused-ring (bicyclic) bond motifs is 1. The van der Waals surface area contributed by atoms with E-state index in [9.17, 15) is 14.0 Å². The van der Waals surface area contributed by atoms with Crippen LogP contribution >= 0.6 is 0 Å². The molecule has 6 nitrogen and oxygen atoms in total. The maximum atomic E-state index is 13.4. The second-order valence-corrected chi connectivity index (χ2v) is 9.43. The Morgan fingerprint density at radius 1 is 1.15 bits per heavy atom. The molecule has 0 saturated carbocycles. The first kappa shape index (κ1) is 23.8. The lowest BCUT2D eigenvalue weighted by molar-refractivity contribution is -0.140. The van der Waals surface area contributed by atoms with Gasteiger partial charge in [-0.25, -0.2) is 4.39 Å². The smallest absolute Gasteiger partial charge is 0.247 e. The molecule has 34 heavy (non-hydrogen) atoms. The number of halogens is 1. The summed E-state index contributed by atoms with van der Waals surface area (Å²) in [5.74, 6) is -0.721. The van der Waals surface area contributed by atoms with Crippen LogP contribution in [0, 0.1) is 11.7 Å². The lowest BCUT2D eigenvalue weighted by Gasteiger charge is -2.33. The van der Waals surface area contributed by atoms with Crippen LogP contribution in [-0.2, 0) is 27.2 Å². The van der Waals surface area contributed by atoms with E-state index in [-0.39, 0.29) is 30.0 Å². The molecule has 3 aromatic rings. The van der Waals surface area contributed by atoms with Crippen molar-refractivity contribution in [3.05, 3.63) is 77.9 Å². The molecule has 1 saturated heterocycles. The van der Waals surface area contributed by atoms with Gasteiger partial charge in [0, 0.05) is 36.8 Å². The van der Waals surface area contributed by atoms with E-state index in [2.05, 4.69) is 28.5 Å². The van der Waals surface area contributed by atoms with Gasteiger partial charge in [-0.1, -0.05) is 30.3 Å². The van der Waals surface area contributed by atoms with Gasteiger partial charge in [-0.15, -0.1) is 0 Å². The SMILES string of the molecule is CC(C)(NC(=O)Cc1cccc(F)c1)C(=O)N1CCOCC(Cc2ccc3cnccc3c2)C1. The van der Waals surface area contributed by atoms with E-state index < -0.39 is 5.54 Å². The zero-order valence-corrected chi connectivity index (χ0v) is 19.6. The summed E-state index contributed by atoms with van der Waals surface area (Å²) in [7, 11) is 0. The van der Waals surface area contributed by atoms with E-state index in [0.29, 0.717) is 31.9 Å². The van der Waals surface area contributed by atoms with Crippen molar-refractivity contribution in [1.82, 2.24) is 15.2 Å². The monoisotopic (exact) mass is 463 g/mol. The maximum absolute atomic E-state index is 13.4. The predicted molar refractivity (Wildman–Crippen MR) is 129 cm³/mol. The first-order chi connectivity index (χ1) is 16.3. The third-order valence-electron chi connectivity index (χ3n) is 6.09. The van der Waals surface area contributed by atoms with Gasteiger partial charge in [0.25, 0.3) is 0 Å². The molecule has 0 bridgehead atoms. The van der Waals surface area contributed by atoms with Gasteiger partial charge in [0.15, 0.2) is 0 Å². The third-order valence-corrected chi connectivity index (χ3v) is 6.09. The number of aromatic nitrogens is 1. The number of nitrogens with zero attached hydrogens (tertiary/aromatic N) is 2. The van der Waals surface area contributed by atoms with Crippen molar-refractivity contribution in [2.24, 2.45) is 5.92 Å². The average molecular weight is 464 g/mol. The fourth-order valence-corrected chi connectivity index (χ4v) is 4.46. The fraction of sp³-hybridized carbons (Fsp3) is 0.370. The highest BCUT2D eigenvalue weighted by Crippen LogP contribution is 2.20. The molecule has 7 heteroatoms. The number of hydrogen-bond acceptors (Lipinski definition) is 4. The molecule has 2 heterocycles. The number of carbonyl (C=O) groups excluding carboxylic acids is 2. The van der Waals surface area contributed by atoms with Gasteiger partial charge in [0.1, 0.15) is 11.4 Å². The molecule has 0 radical (unpaired) electrons. The predicted octanol–water partition coefficient (Wildman–Crippen LogP) is 3.53. The van der Waals surface area contributed by atoms with Crippen LogP contribution in [0.4, 0.5) is 4.39 Å². The lowest BCUT2D eigenvalue weighted by atomic mass is 9.96. The van der Waals surface area contributed by atoms with Crippen molar-refractivity contribution in [2.45, 2.75) is 32.2 Å². The highest BCUT2D eigenvalue weighted by atomic mass is 19.1. The minimum atomic E-state index is -1.09. The summed E-state index contributed by atoms with van der Waals surface area (Å²) < 4.78 is 19.2. The highest BCUT2D eigenvalue weighted by Gasteiger charge is 2.35. The molecule has 1 fully saturated rings. The Kier molecular flexibility index (Phi) is 7.22. The van der Waals surface area contributed by atoms with Crippen LogP contribution in [0.25, 0.3) is 10.8 Å². The number of carbonyl (C=O) groups is 2. The van der Waals surface area contributed by atoms with Crippen molar-refractivity contribution in [2.75, 3.05) is 26.3 Å². The molecule has 1 aliphatic rings. The Balaban J connectivity index is 1.39. The summed E-state index contributed by atoms with van der Waals surface area (Å²) in [6.07, 6.45) is 4.43. The van der Waals surface area contributed by atoms with E-state index >= 15 is 0 Å². The van der Waals surface area contributed by atoms with Gasteiger partial charge in [-0.2, -0.15) is 0 Å². The second-order valence-electron chi connectivity index (χ2n) is 9.43. The van der Waals surface area contributed by atoms with Gasteiger partial charge in [0.2, 0.25) is 11.8 Å². The molecule has 1 aromatic heterocycles. The van der Waals surface area contributed by atoms with Crippen molar-refractivity contribution in [3.8, 4) is 0 Å². The molecule has 0 aliphatic carbocycles. The number of rotatable bonds is 6. The molecule has 0 spiro atoms. The van der Waals surface area contributed by atoms with Crippen LogP contribution in [0.5, 0.6) is 0 Å². The normalized spacial score (nSPS) is 16.8. The van der Waals surface area contributed by atoms with Crippen molar-refractivity contribution in [1.29, 1.82) is 0 Å². The average Bonchev–Trinajstić information content (AvgIpc) is 3.03. The lowest BCUT2D eigenvalue weighted by Crippen LogP contribution is -2.57. The largest absolute Gasteiger partial charge is 0.379 e. The molecule has 1 unspecified atom stereocenters. The Hall–Kier alpha value is -3.32. The molecular formula is C27H30FN3O3. The van der Waals surface area contributed by atoms with E-state index in [0.717, 1.165) is 17.2 Å². The van der Waals surface area contributed by atoms with Gasteiger partial charge in [-0.05, 0) is 55.0 Å². The number of amides is 2. The number of pyridine rings is 1. The molecule has 178 valence electrons. The summed E-state index contributed by atoms with van der Waals surface area (Å²) in [5, 5.41) is 5.06. The first-order valence-electron chi connectivity index (χ1n) is 11.6. The van der Waals surface area contributed by atoms with Crippen molar-refractivity contribution < 1.29 is 18.7 Å². The number of benzene rings is 2. The Labute approximate surface area is 199 Å². The van der Waals surface area contributed by atoms with Crippen LogP contribution in [-0.4, -0.2) is 53.5 Å². The third kappa shape index (κ3) is 5.97. The second kappa shape index (κ2) is 10.3. The summed E-state index contributed by atoms with van der Waals surface area (Å²) >= 11 is 0. The summed E-state index contributed by atoms with van der Waals surface area (Å²) in [5.41, 5.74) is 0.661. The maximum Gasteiger partial charge on any atom is 0.247 e. The fourth-order valence-electron chi connectivity index (χ4n) is 4.46. The summed E-state index contributed by atoms with van der Waals surface area (Å²) in [6, 6.07) is 14.2. The number of hydrogen-bond donors (Lipinski definition) is 1. The van der Waals surface area contributed by atoms with Gasteiger partial charge < -0.3 is 15.0 Å². The summed E-state index contributed by atoms with van der Waals surface area (Å²) in [4.78, 5) is 31.9. The molecule has 1 atom stereocenters. The minimum absolute atomic E-state index is 0.0116. The van der Waals surface area contributed by atoms with E-state index in [1.165, 1.54) is 17.7 Å². The standard InChI is InChI=1S/C27H30FN3O3/c1-27(2,30-25(32)15-19-4-3-5-24(28)14-19)26(33)31-10-11-34-18-21(17-31)12-20-6-7-23-16-29-9-8-22(23)13-20/h3-9,13-14,16,21H,10-12,15,17-18H2,1-2H3,(H,30,32). The molecule has 4 rings (SSSR count). The Morgan fingerprint density at radius 2 is 2.00 bits per heavy atom. The van der Waals surface area contributed by atoms with Crippen LogP contribution in [0.15, 0.2) is 60.9 Å². The van der Waals surface area contributed by atoms with Gasteiger partial charge in [0.05, 0.1) is 19.6 Å². The van der Waals surface area contributed by atoms with Crippen LogP contribution < -0.4 is 5.32 Å². The summed E-state index contributed by atoms with van der Waals surface area (Å²) in [6.45, 7) is 5.47. The highest BCUT2D eigenvalue weighted by molar-refractivity contribution is 5.91. The quantitative estimate of drug-likeness (QED) is 0.607. The van der Waals surface area contributed by atoms with E-state index in [1.807, 2.05) is 12.3 Å². The van der Waals surface area contributed by atoms with Crippen LogP contribution in [0.1, 0.15) is 25.0 Å². The van der Waals surface area contributed by atoms with E-state index in [4.69, 9.17) is 4.74 Å². The number of nitrogens with one attached hydrogen (secondary N) is 1. The Bertz CT molecular complexity index is 1180. The molecule has 1 N–H and O–H groups in total. The molecular weight excluding hydrogens is 433 g/mol. The first-order valence-corrected chi connectivity index (χ1v) is 11.6. The molecule has 1 aliphatic heterocycles. The topological polar surface area (TPSA) is 71.5 Å². The van der Waals surface area contributed by atoms with Gasteiger partial charge >= 0.3 is 0 Å². The Morgan fingerprint density at radius 3 is 2.82 bits per heavy atom. The molecule has 2 amide bonds. The molecule has 2 aromatic carbocycles. The number of ether oxygens (including phenoxy) is 1. The zero-order valence-electron chi connectivity index (χ0n) is 19.6. The van der Waals surface area contributed by atoms with E-state index in [1.54, 1.807) is 37.1 Å². The minimum Gasteiger partial charge on any atom is -0.379 e. The zero-order chi connectivity index (χ0) is 24.1.